The van der Waals surface area contributed by atoms with Crippen molar-refractivity contribution in [2.45, 2.75) is 6.54 Å². The van der Waals surface area contributed by atoms with E-state index in [0.717, 1.165) is 11.0 Å². The first-order valence-corrected chi connectivity index (χ1v) is 6.49. The summed E-state index contributed by atoms with van der Waals surface area (Å²) in [7, 11) is 0. The van der Waals surface area contributed by atoms with Crippen LogP contribution in [-0.4, -0.2) is 15.9 Å². The fraction of sp³-hybridized carbons (Fsp3) is 0.0769. The fourth-order valence-corrected chi connectivity index (χ4v) is 2.08. The average Bonchev–Trinajstić information content (AvgIpc) is 3.01. The molecule has 3 rings (SSSR count). The Morgan fingerprint density at radius 3 is 2.89 bits per heavy atom. The number of benzene rings is 1. The normalized spacial score (nSPS) is 10.8. The summed E-state index contributed by atoms with van der Waals surface area (Å²) in [5.41, 5.74) is 1.83. The van der Waals surface area contributed by atoms with E-state index in [2.05, 4.69) is 31.2 Å². The highest BCUT2D eigenvalue weighted by Gasteiger charge is 2.10. The number of fused-ring (bicyclic) bond motifs is 1. The number of imidazole rings is 1. The molecule has 5 nitrogen and oxygen atoms in total. The van der Waals surface area contributed by atoms with E-state index in [1.54, 1.807) is 12.1 Å². The number of amides is 1. The van der Waals surface area contributed by atoms with E-state index >= 15 is 0 Å². The molecule has 0 radical (unpaired) electrons. The molecule has 6 heteroatoms. The van der Waals surface area contributed by atoms with Gasteiger partial charge in [-0.3, -0.25) is 4.79 Å². The number of halogens is 1. The smallest absolute Gasteiger partial charge is 0.287 e. The maximum atomic E-state index is 11.8. The number of aromatic amines is 1. The monoisotopic (exact) mass is 319 g/mol. The van der Waals surface area contributed by atoms with E-state index in [0.29, 0.717) is 17.0 Å². The van der Waals surface area contributed by atoms with Gasteiger partial charge in [0.2, 0.25) is 0 Å². The Hall–Kier alpha value is -2.08. The van der Waals surface area contributed by atoms with Gasteiger partial charge in [-0.2, -0.15) is 0 Å². The highest BCUT2D eigenvalue weighted by molar-refractivity contribution is 9.10. The van der Waals surface area contributed by atoms with E-state index in [1.807, 2.05) is 24.3 Å². The van der Waals surface area contributed by atoms with Crippen LogP contribution < -0.4 is 5.32 Å². The molecule has 2 N–H and O–H groups in total. The lowest BCUT2D eigenvalue weighted by molar-refractivity contribution is 0.0921. The molecule has 0 spiro atoms. The average molecular weight is 320 g/mol. The zero-order valence-corrected chi connectivity index (χ0v) is 11.4. The number of nitrogens with one attached hydrogen (secondary N) is 2. The third kappa shape index (κ3) is 2.53. The van der Waals surface area contributed by atoms with Gasteiger partial charge in [-0.25, -0.2) is 4.98 Å². The Morgan fingerprint density at radius 2 is 2.16 bits per heavy atom. The number of para-hydroxylation sites is 2. The highest BCUT2D eigenvalue weighted by Crippen LogP contribution is 2.14. The van der Waals surface area contributed by atoms with Crippen LogP contribution in [0.5, 0.6) is 0 Å². The molecule has 0 unspecified atom stereocenters. The molecule has 0 saturated heterocycles. The number of carbonyl (C=O) groups excluding carboxylic acids is 1. The molecule has 0 aliphatic heterocycles. The van der Waals surface area contributed by atoms with E-state index in [9.17, 15) is 4.79 Å². The van der Waals surface area contributed by atoms with Gasteiger partial charge in [-0.05, 0) is 40.2 Å². The van der Waals surface area contributed by atoms with Gasteiger partial charge in [0.05, 0.1) is 17.6 Å². The minimum atomic E-state index is -0.272. The lowest BCUT2D eigenvalue weighted by Gasteiger charge is -1.99. The van der Waals surface area contributed by atoms with Gasteiger partial charge in [0.25, 0.3) is 5.91 Å². The van der Waals surface area contributed by atoms with Crippen molar-refractivity contribution in [3.05, 3.63) is 52.7 Å². The third-order valence-electron chi connectivity index (χ3n) is 2.65. The molecule has 19 heavy (non-hydrogen) atoms. The number of H-pyrrole nitrogens is 1. The second kappa shape index (κ2) is 4.89. The molecule has 1 aromatic carbocycles. The first-order chi connectivity index (χ1) is 9.22. The molecule has 3 aromatic rings. The molecule has 0 aliphatic rings. The minimum Gasteiger partial charge on any atom is -0.444 e. The van der Waals surface area contributed by atoms with Crippen LogP contribution in [0, 0.1) is 0 Å². The molecule has 0 aliphatic carbocycles. The number of nitrogens with zero attached hydrogens (tertiary/aromatic N) is 1. The number of hydrogen-bond acceptors (Lipinski definition) is 3. The summed E-state index contributed by atoms with van der Waals surface area (Å²) in [6, 6.07) is 11.0. The van der Waals surface area contributed by atoms with E-state index < -0.39 is 0 Å². The van der Waals surface area contributed by atoms with Crippen LogP contribution in [0.25, 0.3) is 11.0 Å². The fourth-order valence-electron chi connectivity index (χ4n) is 1.78. The Balaban J connectivity index is 1.70. The summed E-state index contributed by atoms with van der Waals surface area (Å²) in [4.78, 5) is 19.3. The van der Waals surface area contributed by atoms with Crippen LogP contribution in [0.3, 0.4) is 0 Å². The quantitative estimate of drug-likeness (QED) is 0.779. The Labute approximate surface area is 117 Å². The first kappa shape index (κ1) is 12.0. The lowest BCUT2D eigenvalue weighted by atomic mass is 10.3. The van der Waals surface area contributed by atoms with Crippen LogP contribution in [0.1, 0.15) is 16.4 Å². The Bertz CT molecular complexity index is 699. The van der Waals surface area contributed by atoms with Crippen LogP contribution >= 0.6 is 15.9 Å². The van der Waals surface area contributed by atoms with Crippen LogP contribution in [0.4, 0.5) is 0 Å². The number of hydrogen-bond donors (Lipinski definition) is 2. The molecule has 2 aromatic heterocycles. The van der Waals surface area contributed by atoms with Crippen molar-refractivity contribution in [2.24, 2.45) is 0 Å². The molecule has 0 bridgehead atoms. The molecular weight excluding hydrogens is 310 g/mol. The van der Waals surface area contributed by atoms with Gasteiger partial charge in [0.1, 0.15) is 5.82 Å². The van der Waals surface area contributed by atoms with Crippen molar-refractivity contribution >= 4 is 32.9 Å². The Kier molecular flexibility index (Phi) is 3.08. The maximum Gasteiger partial charge on any atom is 0.287 e. The summed E-state index contributed by atoms with van der Waals surface area (Å²) in [5, 5.41) is 2.74. The van der Waals surface area contributed by atoms with Crippen molar-refractivity contribution < 1.29 is 9.21 Å². The van der Waals surface area contributed by atoms with Gasteiger partial charge >= 0.3 is 0 Å². The summed E-state index contributed by atoms with van der Waals surface area (Å²) in [6.07, 6.45) is 0. The van der Waals surface area contributed by atoms with Gasteiger partial charge in [0, 0.05) is 0 Å². The minimum absolute atomic E-state index is 0.267. The lowest BCUT2D eigenvalue weighted by Crippen LogP contribution is -2.22. The maximum absolute atomic E-state index is 11.8. The second-order valence-corrected chi connectivity index (χ2v) is 4.77. The van der Waals surface area contributed by atoms with Crippen LogP contribution in [-0.2, 0) is 6.54 Å². The van der Waals surface area contributed by atoms with Crippen molar-refractivity contribution in [3.8, 4) is 0 Å². The van der Waals surface area contributed by atoms with E-state index in [-0.39, 0.29) is 11.7 Å². The van der Waals surface area contributed by atoms with Gasteiger partial charge in [-0.1, -0.05) is 12.1 Å². The zero-order valence-electron chi connectivity index (χ0n) is 9.81. The second-order valence-electron chi connectivity index (χ2n) is 3.99. The predicted octanol–water partition coefficient (Wildman–Crippen LogP) is 2.85. The predicted molar refractivity (Wildman–Crippen MR) is 73.7 cm³/mol. The number of aromatic nitrogens is 2. The topological polar surface area (TPSA) is 70.9 Å². The van der Waals surface area contributed by atoms with Crippen LogP contribution in [0.2, 0.25) is 0 Å². The summed E-state index contributed by atoms with van der Waals surface area (Å²) in [6.45, 7) is 0.325. The van der Waals surface area contributed by atoms with Crippen LogP contribution in [0.15, 0.2) is 45.5 Å². The zero-order chi connectivity index (χ0) is 13.2. The number of carbonyl (C=O) groups is 1. The Morgan fingerprint density at radius 1 is 1.32 bits per heavy atom. The van der Waals surface area contributed by atoms with Gasteiger partial charge < -0.3 is 14.7 Å². The van der Waals surface area contributed by atoms with E-state index in [1.165, 1.54) is 0 Å². The molecule has 2 heterocycles. The molecule has 0 fully saturated rings. The molecule has 96 valence electrons. The summed E-state index contributed by atoms with van der Waals surface area (Å²) in [5.74, 6) is 0.703. The van der Waals surface area contributed by atoms with Crippen molar-refractivity contribution in [1.82, 2.24) is 15.3 Å². The number of furan rings is 1. The molecular formula is C13H10BrN3O2. The molecule has 0 saturated carbocycles. The standard InChI is InChI=1S/C13H10BrN3O2/c14-11-6-5-10(19-11)13(18)15-7-12-16-8-3-1-2-4-9(8)17-12/h1-6H,7H2,(H,15,18)(H,16,17). The SMILES string of the molecule is O=C(NCc1nc2ccccc2[nH]1)c1ccc(Br)o1. The molecule has 0 atom stereocenters. The van der Waals surface area contributed by atoms with Crippen molar-refractivity contribution in [2.75, 3.05) is 0 Å². The van der Waals surface area contributed by atoms with Crippen molar-refractivity contribution in [3.63, 3.8) is 0 Å². The summed E-state index contributed by atoms with van der Waals surface area (Å²) >= 11 is 3.15. The van der Waals surface area contributed by atoms with Gasteiger partial charge in [0.15, 0.2) is 10.4 Å². The number of rotatable bonds is 3. The van der Waals surface area contributed by atoms with Crippen molar-refractivity contribution in [1.29, 1.82) is 0 Å². The largest absolute Gasteiger partial charge is 0.444 e. The summed E-state index contributed by atoms with van der Waals surface area (Å²) < 4.78 is 5.70. The van der Waals surface area contributed by atoms with Gasteiger partial charge in [-0.15, -0.1) is 0 Å². The van der Waals surface area contributed by atoms with E-state index in [4.69, 9.17) is 4.42 Å². The first-order valence-electron chi connectivity index (χ1n) is 5.69. The molecule has 1 amide bonds. The third-order valence-corrected chi connectivity index (χ3v) is 3.08. The highest BCUT2D eigenvalue weighted by atomic mass is 79.9.